The summed E-state index contributed by atoms with van der Waals surface area (Å²) in [6, 6.07) is 0.705. The lowest BCUT2D eigenvalue weighted by molar-refractivity contribution is 0.0718. The fraction of sp³-hybridized carbons (Fsp3) is 0.478. The molecule has 4 heterocycles. The lowest BCUT2D eigenvalue weighted by atomic mass is 10.1. The van der Waals surface area contributed by atoms with E-state index >= 15 is 0 Å². The number of aryl methyl sites for hydroxylation is 3. The van der Waals surface area contributed by atoms with Crippen LogP contribution in [0, 0.1) is 13.8 Å². The Hall–Kier alpha value is -2.99. The molecule has 10 nitrogen and oxygen atoms in total. The van der Waals surface area contributed by atoms with Crippen molar-refractivity contribution in [1.29, 1.82) is 0 Å². The predicted octanol–water partition coefficient (Wildman–Crippen LogP) is 3.92. The third kappa shape index (κ3) is 3.61. The summed E-state index contributed by atoms with van der Waals surface area (Å²) in [6.07, 6.45) is 7.09. The molecule has 184 valence electrons. The molecule has 0 atom stereocenters. The molecular weight excluding hydrogens is 486 g/mol. The molecule has 2 fully saturated rings. The van der Waals surface area contributed by atoms with Crippen LogP contribution in [0.3, 0.4) is 0 Å². The van der Waals surface area contributed by atoms with Crippen molar-refractivity contribution < 1.29 is 13.2 Å². The number of carbonyl (C=O) groups excluding carboxylic acids is 1. The Morgan fingerprint density at radius 1 is 1.23 bits per heavy atom. The summed E-state index contributed by atoms with van der Waals surface area (Å²) in [4.78, 5) is 33.0. The van der Waals surface area contributed by atoms with Gasteiger partial charge in [-0.2, -0.15) is 0 Å². The predicted molar refractivity (Wildman–Crippen MR) is 135 cm³/mol. The molecule has 0 bridgehead atoms. The van der Waals surface area contributed by atoms with Crippen molar-refractivity contribution in [3.05, 3.63) is 23.3 Å². The number of aromatic amines is 1. The molecule has 0 saturated heterocycles. The molecule has 0 aliphatic heterocycles. The van der Waals surface area contributed by atoms with Gasteiger partial charge in [0.2, 0.25) is 0 Å². The Kier molecular flexibility index (Phi) is 4.98. The van der Waals surface area contributed by atoms with E-state index in [0.717, 1.165) is 53.5 Å². The molecule has 2 aliphatic carbocycles. The van der Waals surface area contributed by atoms with Gasteiger partial charge in [0, 0.05) is 24.9 Å². The van der Waals surface area contributed by atoms with Gasteiger partial charge in [-0.1, -0.05) is 11.3 Å². The van der Waals surface area contributed by atoms with Crippen LogP contribution in [0.2, 0.25) is 0 Å². The SMILES string of the molecule is CCn1c(C(=O)N(C2CC2)C2CC2)c(C)c2c3nc[nH]c3c(Nc3nc(C)c(S(C)(=O)=O)s3)nc21. The summed E-state index contributed by atoms with van der Waals surface area (Å²) >= 11 is 1.07. The number of thiazole rings is 1. The molecule has 2 saturated carbocycles. The van der Waals surface area contributed by atoms with Crippen molar-refractivity contribution in [2.24, 2.45) is 0 Å². The number of hydrogen-bond donors (Lipinski definition) is 2. The van der Waals surface area contributed by atoms with E-state index in [1.54, 1.807) is 13.3 Å². The third-order valence-electron chi connectivity index (χ3n) is 6.76. The van der Waals surface area contributed by atoms with Gasteiger partial charge in [0.25, 0.3) is 5.91 Å². The van der Waals surface area contributed by atoms with Crippen molar-refractivity contribution in [3.63, 3.8) is 0 Å². The average molecular weight is 514 g/mol. The fourth-order valence-corrected chi connectivity index (χ4v) is 7.09. The van der Waals surface area contributed by atoms with Gasteiger partial charge in [0.05, 0.1) is 17.4 Å². The van der Waals surface area contributed by atoms with Crippen LogP contribution in [-0.4, -0.2) is 62.1 Å². The van der Waals surface area contributed by atoms with Crippen molar-refractivity contribution in [1.82, 2.24) is 29.4 Å². The maximum Gasteiger partial charge on any atom is 0.271 e. The van der Waals surface area contributed by atoms with Crippen LogP contribution in [0.1, 0.15) is 54.4 Å². The van der Waals surface area contributed by atoms with Crippen LogP contribution in [0.5, 0.6) is 0 Å². The van der Waals surface area contributed by atoms with Crippen molar-refractivity contribution in [2.75, 3.05) is 11.6 Å². The Bertz CT molecular complexity index is 1590. The van der Waals surface area contributed by atoms with Gasteiger partial charge in [-0.3, -0.25) is 4.79 Å². The summed E-state index contributed by atoms with van der Waals surface area (Å²) in [5.41, 5.74) is 4.10. The van der Waals surface area contributed by atoms with Gasteiger partial charge >= 0.3 is 0 Å². The molecule has 6 rings (SSSR count). The van der Waals surface area contributed by atoms with E-state index in [-0.39, 0.29) is 10.1 Å². The minimum absolute atomic E-state index is 0.0823. The highest BCUT2D eigenvalue weighted by molar-refractivity contribution is 7.92. The second kappa shape index (κ2) is 7.76. The normalized spacial score (nSPS) is 16.3. The first kappa shape index (κ1) is 22.5. The summed E-state index contributed by atoms with van der Waals surface area (Å²) in [5.74, 6) is 0.574. The first-order chi connectivity index (χ1) is 16.7. The maximum atomic E-state index is 13.8. The average Bonchev–Trinajstić information content (AvgIpc) is 3.70. The van der Waals surface area contributed by atoms with E-state index in [1.165, 1.54) is 6.26 Å². The molecule has 0 unspecified atom stereocenters. The summed E-state index contributed by atoms with van der Waals surface area (Å²) < 4.78 is 26.4. The van der Waals surface area contributed by atoms with E-state index < -0.39 is 9.84 Å². The number of nitrogens with zero attached hydrogens (tertiary/aromatic N) is 5. The molecule has 4 aromatic heterocycles. The Labute approximate surface area is 206 Å². The van der Waals surface area contributed by atoms with Gasteiger partial charge in [-0.25, -0.2) is 23.4 Å². The van der Waals surface area contributed by atoms with E-state index in [0.29, 0.717) is 52.1 Å². The third-order valence-corrected chi connectivity index (χ3v) is 9.75. The lowest BCUT2D eigenvalue weighted by Gasteiger charge is -2.23. The van der Waals surface area contributed by atoms with Crippen LogP contribution < -0.4 is 5.32 Å². The zero-order valence-electron chi connectivity index (χ0n) is 20.0. The second-order valence-corrected chi connectivity index (χ2v) is 12.7. The molecule has 0 radical (unpaired) electrons. The van der Waals surface area contributed by atoms with Crippen LogP contribution in [0.4, 0.5) is 10.9 Å². The quantitative estimate of drug-likeness (QED) is 0.384. The van der Waals surface area contributed by atoms with Gasteiger partial charge < -0.3 is 19.8 Å². The van der Waals surface area contributed by atoms with Crippen molar-refractivity contribution >= 4 is 60.1 Å². The number of nitrogens with one attached hydrogen (secondary N) is 2. The molecule has 1 amide bonds. The second-order valence-electron chi connectivity index (χ2n) is 9.47. The number of rotatable bonds is 7. The molecule has 0 aromatic carbocycles. The number of H-pyrrole nitrogens is 1. The Morgan fingerprint density at radius 2 is 1.91 bits per heavy atom. The Balaban J connectivity index is 1.51. The largest absolute Gasteiger partial charge is 0.342 e. The van der Waals surface area contributed by atoms with E-state index in [1.807, 2.05) is 18.4 Å². The fourth-order valence-electron chi connectivity index (χ4n) is 4.97. The minimum atomic E-state index is -3.38. The van der Waals surface area contributed by atoms with Gasteiger partial charge in [0.1, 0.15) is 26.6 Å². The molecule has 2 aliphatic rings. The highest BCUT2D eigenvalue weighted by Gasteiger charge is 2.43. The first-order valence-corrected chi connectivity index (χ1v) is 14.5. The Morgan fingerprint density at radius 3 is 2.49 bits per heavy atom. The number of sulfone groups is 1. The number of anilines is 2. The number of hydrogen-bond acceptors (Lipinski definition) is 8. The highest BCUT2D eigenvalue weighted by atomic mass is 32.2. The molecule has 2 N–H and O–H groups in total. The van der Waals surface area contributed by atoms with Crippen LogP contribution >= 0.6 is 11.3 Å². The van der Waals surface area contributed by atoms with Crippen molar-refractivity contribution in [3.8, 4) is 0 Å². The van der Waals surface area contributed by atoms with Gasteiger partial charge in [-0.05, 0) is 52.0 Å². The number of pyridine rings is 1. The maximum absolute atomic E-state index is 13.8. The van der Waals surface area contributed by atoms with E-state index in [9.17, 15) is 13.2 Å². The molecular formula is C23H27N7O3S2. The van der Waals surface area contributed by atoms with Crippen LogP contribution in [-0.2, 0) is 16.4 Å². The van der Waals surface area contributed by atoms with E-state index in [4.69, 9.17) is 4.98 Å². The lowest BCUT2D eigenvalue weighted by Crippen LogP contribution is -2.36. The summed E-state index contributed by atoms with van der Waals surface area (Å²) in [7, 11) is -3.38. The van der Waals surface area contributed by atoms with Gasteiger partial charge in [0.15, 0.2) is 20.8 Å². The number of aromatic nitrogens is 5. The van der Waals surface area contributed by atoms with Crippen LogP contribution in [0.15, 0.2) is 10.5 Å². The monoisotopic (exact) mass is 513 g/mol. The molecule has 0 spiro atoms. The zero-order valence-corrected chi connectivity index (χ0v) is 21.7. The molecule has 4 aromatic rings. The topological polar surface area (TPSA) is 126 Å². The molecule has 35 heavy (non-hydrogen) atoms. The zero-order chi connectivity index (χ0) is 24.6. The van der Waals surface area contributed by atoms with Gasteiger partial charge in [-0.15, -0.1) is 0 Å². The van der Waals surface area contributed by atoms with Crippen LogP contribution in [0.25, 0.3) is 22.1 Å². The summed E-state index contributed by atoms with van der Waals surface area (Å²) in [6.45, 7) is 6.26. The summed E-state index contributed by atoms with van der Waals surface area (Å²) in [5, 5.41) is 4.49. The first-order valence-electron chi connectivity index (χ1n) is 11.8. The number of imidazole rings is 1. The highest BCUT2D eigenvalue weighted by Crippen LogP contribution is 2.41. The standard InChI is InChI=1S/C23H27N7O3S2/c1-5-29-18(21(31)30(13-6-7-13)14-8-9-14)11(2)15-16-17(25-10-24-16)19(27-20(15)29)28-23-26-12(3)22(34-23)35(4,32)33/h10,13-14H,5-9H2,1-4H3,(H,24,25)(H,26,27,28). The minimum Gasteiger partial charge on any atom is -0.342 e. The number of carbonyl (C=O) groups is 1. The number of fused-ring (bicyclic) bond motifs is 3. The van der Waals surface area contributed by atoms with Crippen molar-refractivity contribution in [2.45, 2.75) is 69.3 Å². The smallest absolute Gasteiger partial charge is 0.271 e. The van der Waals surface area contributed by atoms with E-state index in [2.05, 4.69) is 25.2 Å². The molecule has 12 heteroatoms. The number of amides is 1.